The van der Waals surface area contributed by atoms with E-state index in [9.17, 15) is 0 Å². The molecule has 0 N–H and O–H groups in total. The normalized spacial score (nSPS) is 11.3. The number of hydrogen-bond donors (Lipinski definition) is 0. The molecule has 0 saturated heterocycles. The number of para-hydroxylation sites is 1. The van der Waals surface area contributed by atoms with Crippen LogP contribution in [0.1, 0.15) is 0 Å². The largest absolute Gasteiger partial charge is 0.310 e. The van der Waals surface area contributed by atoms with Gasteiger partial charge in [0.15, 0.2) is 0 Å². The number of nitrogens with zero attached hydrogens (tertiary/aromatic N) is 2. The quantitative estimate of drug-likeness (QED) is 0.212. The number of benzene rings is 7. The summed E-state index contributed by atoms with van der Waals surface area (Å²) in [6.45, 7) is 0. The number of fused-ring (bicyclic) bond motifs is 3. The molecule has 7 aromatic carbocycles. The fourth-order valence-electron chi connectivity index (χ4n) is 6.10. The van der Waals surface area contributed by atoms with E-state index < -0.39 is 0 Å². The molecule has 0 fully saturated rings. The van der Waals surface area contributed by atoms with Gasteiger partial charge in [-0.15, -0.1) is 0 Å². The maximum absolute atomic E-state index is 2.39. The molecule has 0 saturated carbocycles. The maximum Gasteiger partial charge on any atom is 0.0541 e. The first-order valence-electron chi connectivity index (χ1n) is 14.4. The zero-order chi connectivity index (χ0) is 27.9. The average molecular weight is 537 g/mol. The highest BCUT2D eigenvalue weighted by molar-refractivity contribution is 5.95. The van der Waals surface area contributed by atoms with Gasteiger partial charge in [-0.25, -0.2) is 0 Å². The molecule has 2 nitrogen and oxygen atoms in total. The van der Waals surface area contributed by atoms with E-state index >= 15 is 0 Å². The van der Waals surface area contributed by atoms with Gasteiger partial charge in [-0.1, -0.05) is 109 Å². The predicted molar refractivity (Wildman–Crippen MR) is 178 cm³/mol. The summed E-state index contributed by atoms with van der Waals surface area (Å²) >= 11 is 0. The molecule has 0 bridgehead atoms. The Morgan fingerprint density at radius 2 is 0.905 bits per heavy atom. The molecular weight excluding hydrogens is 508 g/mol. The van der Waals surface area contributed by atoms with E-state index in [0.29, 0.717) is 0 Å². The van der Waals surface area contributed by atoms with Gasteiger partial charge in [-0.05, 0) is 87.8 Å². The van der Waals surface area contributed by atoms with Gasteiger partial charge in [0.25, 0.3) is 0 Å². The van der Waals surface area contributed by atoms with Crippen LogP contribution >= 0.6 is 0 Å². The monoisotopic (exact) mass is 536 g/mol. The second-order valence-corrected chi connectivity index (χ2v) is 10.7. The molecule has 0 atom stereocenters. The molecule has 1 aromatic heterocycles. The second kappa shape index (κ2) is 10.1. The van der Waals surface area contributed by atoms with Crippen molar-refractivity contribution in [1.29, 1.82) is 0 Å². The van der Waals surface area contributed by atoms with E-state index in [4.69, 9.17) is 0 Å². The number of anilines is 3. The molecule has 198 valence electrons. The number of hydrogen-bond acceptors (Lipinski definition) is 1. The molecule has 8 rings (SSSR count). The Morgan fingerprint density at radius 3 is 1.62 bits per heavy atom. The fourth-order valence-corrected chi connectivity index (χ4v) is 6.10. The van der Waals surface area contributed by atoms with Crippen molar-refractivity contribution in [2.75, 3.05) is 4.90 Å². The van der Waals surface area contributed by atoms with Crippen LogP contribution in [0.5, 0.6) is 0 Å². The van der Waals surface area contributed by atoms with E-state index in [0.717, 1.165) is 22.7 Å². The molecule has 0 aliphatic carbocycles. The molecule has 0 unspecified atom stereocenters. The van der Waals surface area contributed by atoms with Crippen molar-refractivity contribution in [2.24, 2.45) is 0 Å². The smallest absolute Gasteiger partial charge is 0.0541 e. The Hall–Kier alpha value is -5.60. The minimum Gasteiger partial charge on any atom is -0.310 e. The summed E-state index contributed by atoms with van der Waals surface area (Å²) in [5, 5.41) is 6.14. The van der Waals surface area contributed by atoms with Crippen molar-refractivity contribution in [2.45, 2.75) is 0 Å². The van der Waals surface area contributed by atoms with Gasteiger partial charge in [0.1, 0.15) is 0 Å². The van der Waals surface area contributed by atoms with Gasteiger partial charge in [0.2, 0.25) is 0 Å². The summed E-state index contributed by atoms with van der Waals surface area (Å²) in [5.74, 6) is 0. The highest BCUT2D eigenvalue weighted by Gasteiger charge is 2.17. The van der Waals surface area contributed by atoms with Crippen LogP contribution in [-0.4, -0.2) is 4.57 Å². The Labute approximate surface area is 245 Å². The van der Waals surface area contributed by atoms with Gasteiger partial charge >= 0.3 is 0 Å². The van der Waals surface area contributed by atoms with Crippen LogP contribution in [-0.2, 0) is 0 Å². The molecule has 0 aliphatic heterocycles. The van der Waals surface area contributed by atoms with Crippen molar-refractivity contribution in [3.8, 4) is 16.9 Å². The Morgan fingerprint density at radius 1 is 0.357 bits per heavy atom. The van der Waals surface area contributed by atoms with Gasteiger partial charge in [0, 0.05) is 28.1 Å². The summed E-state index contributed by atoms with van der Waals surface area (Å²) in [6, 6.07) is 61.0. The van der Waals surface area contributed by atoms with Gasteiger partial charge in [-0.2, -0.15) is 0 Å². The van der Waals surface area contributed by atoms with E-state index in [1.807, 2.05) is 0 Å². The SMILES string of the molecule is c1ccc(-c2cc3cc(N(c4ccccc4)c4ccc5ccccc5c4)ccc3n2-c2ccc3ccccc3c2)cc1. The minimum absolute atomic E-state index is 1.12. The number of aromatic nitrogens is 1. The van der Waals surface area contributed by atoms with Crippen molar-refractivity contribution in [3.63, 3.8) is 0 Å². The van der Waals surface area contributed by atoms with Crippen LogP contribution in [0, 0.1) is 0 Å². The summed E-state index contributed by atoms with van der Waals surface area (Å²) in [6.07, 6.45) is 0. The van der Waals surface area contributed by atoms with Crippen LogP contribution < -0.4 is 4.90 Å². The topological polar surface area (TPSA) is 8.17 Å². The first-order chi connectivity index (χ1) is 20.8. The standard InChI is InChI=1S/C40H28N2/c1-3-13-31(14-4-1)40-28-34-27-37(23-24-39(34)42(40)38-22-20-30-12-8-10-16-33(30)26-38)41(35-17-5-2-6-18-35)36-21-19-29-11-7-9-15-32(29)25-36/h1-28H. The first-order valence-corrected chi connectivity index (χ1v) is 14.4. The highest BCUT2D eigenvalue weighted by Crippen LogP contribution is 2.40. The maximum atomic E-state index is 2.39. The van der Waals surface area contributed by atoms with Gasteiger partial charge in [-0.3, -0.25) is 0 Å². The molecule has 0 spiro atoms. The third-order valence-corrected chi connectivity index (χ3v) is 8.11. The van der Waals surface area contributed by atoms with Crippen LogP contribution in [0.25, 0.3) is 49.4 Å². The minimum atomic E-state index is 1.12. The lowest BCUT2D eigenvalue weighted by Crippen LogP contribution is -2.09. The fraction of sp³-hybridized carbons (Fsp3) is 0. The van der Waals surface area contributed by atoms with Gasteiger partial charge in [0.05, 0.1) is 11.2 Å². The number of rotatable bonds is 5. The zero-order valence-corrected chi connectivity index (χ0v) is 23.1. The van der Waals surface area contributed by atoms with Crippen molar-refractivity contribution in [3.05, 3.63) is 170 Å². The molecule has 42 heavy (non-hydrogen) atoms. The van der Waals surface area contributed by atoms with Gasteiger partial charge < -0.3 is 9.47 Å². The van der Waals surface area contributed by atoms with Crippen molar-refractivity contribution < 1.29 is 0 Å². The lowest BCUT2D eigenvalue weighted by molar-refractivity contribution is 1.14. The van der Waals surface area contributed by atoms with Crippen molar-refractivity contribution in [1.82, 2.24) is 4.57 Å². The zero-order valence-electron chi connectivity index (χ0n) is 23.1. The summed E-state index contributed by atoms with van der Waals surface area (Å²) in [4.78, 5) is 2.35. The molecule has 0 aliphatic rings. The lowest BCUT2D eigenvalue weighted by atomic mass is 10.1. The van der Waals surface area contributed by atoms with Crippen LogP contribution in [0.15, 0.2) is 170 Å². The summed E-state index contributed by atoms with van der Waals surface area (Å²) < 4.78 is 2.39. The molecule has 0 amide bonds. The Balaban J connectivity index is 1.34. The molecule has 2 heteroatoms. The first kappa shape index (κ1) is 24.2. The third-order valence-electron chi connectivity index (χ3n) is 8.11. The summed E-state index contributed by atoms with van der Waals surface area (Å²) in [5.41, 5.74) is 8.09. The van der Waals surface area contributed by atoms with E-state index in [1.165, 1.54) is 43.7 Å². The average Bonchev–Trinajstić information content (AvgIpc) is 3.44. The molecule has 0 radical (unpaired) electrons. The molecule has 1 heterocycles. The predicted octanol–water partition coefficient (Wildman–Crippen LogP) is 11.1. The van der Waals surface area contributed by atoms with Crippen molar-refractivity contribution >= 4 is 49.5 Å². The summed E-state index contributed by atoms with van der Waals surface area (Å²) in [7, 11) is 0. The Kier molecular flexibility index (Phi) is 5.82. The molecular formula is C40H28N2. The second-order valence-electron chi connectivity index (χ2n) is 10.7. The highest BCUT2D eigenvalue weighted by atomic mass is 15.1. The Bertz CT molecular complexity index is 2190. The van der Waals surface area contributed by atoms with E-state index in [-0.39, 0.29) is 0 Å². The van der Waals surface area contributed by atoms with E-state index in [1.54, 1.807) is 0 Å². The lowest BCUT2D eigenvalue weighted by Gasteiger charge is -2.26. The van der Waals surface area contributed by atoms with Crippen LogP contribution in [0.4, 0.5) is 17.1 Å². The van der Waals surface area contributed by atoms with Crippen LogP contribution in [0.2, 0.25) is 0 Å². The van der Waals surface area contributed by atoms with Crippen LogP contribution in [0.3, 0.4) is 0 Å². The third kappa shape index (κ3) is 4.22. The van der Waals surface area contributed by atoms with E-state index in [2.05, 4.69) is 179 Å². The molecule has 8 aromatic rings.